The fraction of sp³-hybridized carbons (Fsp3) is 0.733. The van der Waals surface area contributed by atoms with Gasteiger partial charge in [0.2, 0.25) is 5.69 Å². The number of carbonyl (C=O) groups is 1. The lowest BCUT2D eigenvalue weighted by atomic mass is 10.1. The zero-order chi connectivity index (χ0) is 16.8. The summed E-state index contributed by atoms with van der Waals surface area (Å²) in [4.78, 5) is 25.3. The van der Waals surface area contributed by atoms with Crippen LogP contribution in [0.3, 0.4) is 0 Å². The van der Waals surface area contributed by atoms with E-state index >= 15 is 0 Å². The normalized spacial score (nSPS) is 18.3. The van der Waals surface area contributed by atoms with E-state index in [1.54, 1.807) is 0 Å². The Kier molecular flexibility index (Phi) is 6.09. The van der Waals surface area contributed by atoms with Crippen LogP contribution in [0, 0.1) is 16.0 Å². The van der Waals surface area contributed by atoms with Crippen molar-refractivity contribution in [2.75, 3.05) is 26.2 Å². The van der Waals surface area contributed by atoms with E-state index < -0.39 is 10.8 Å². The predicted molar refractivity (Wildman–Crippen MR) is 86.4 cm³/mol. The van der Waals surface area contributed by atoms with Gasteiger partial charge in [-0.3, -0.25) is 20.0 Å². The zero-order valence-electron chi connectivity index (χ0n) is 13.8. The molecule has 1 aliphatic rings. The Morgan fingerprint density at radius 1 is 1.48 bits per heavy atom. The van der Waals surface area contributed by atoms with E-state index in [-0.39, 0.29) is 11.4 Å². The van der Waals surface area contributed by atoms with Crippen molar-refractivity contribution >= 4 is 11.6 Å². The molecule has 1 aromatic heterocycles. The standard InChI is InChI=1S/C15H25N5O3/c1-3-5-12-14(20(22)23)13(18-17-12)15(21)16-9-11-6-8-19(10-11)7-4-2/h11H,3-10H2,1-2H3,(H,16,21)(H,17,18)/t11-/m1/s1. The molecule has 128 valence electrons. The molecule has 1 saturated heterocycles. The van der Waals surface area contributed by atoms with Gasteiger partial charge < -0.3 is 10.2 Å². The molecular formula is C15H25N5O3. The average molecular weight is 323 g/mol. The highest BCUT2D eigenvalue weighted by Crippen LogP contribution is 2.22. The second-order valence-corrected chi connectivity index (χ2v) is 6.07. The number of amides is 1. The maximum Gasteiger partial charge on any atom is 0.322 e. The smallest absolute Gasteiger partial charge is 0.322 e. The van der Waals surface area contributed by atoms with Crippen molar-refractivity contribution in [1.29, 1.82) is 0 Å². The third-order valence-electron chi connectivity index (χ3n) is 4.17. The van der Waals surface area contributed by atoms with Crippen LogP contribution < -0.4 is 5.32 Å². The summed E-state index contributed by atoms with van der Waals surface area (Å²) in [6, 6.07) is 0. The molecule has 23 heavy (non-hydrogen) atoms. The molecule has 0 aliphatic carbocycles. The topological polar surface area (TPSA) is 104 Å². The summed E-state index contributed by atoms with van der Waals surface area (Å²) in [5.41, 5.74) is 0.114. The SMILES string of the molecule is CCCc1[nH]nc(C(=O)NC[C@H]2CCN(CCC)C2)c1[N+](=O)[O-]. The molecular weight excluding hydrogens is 298 g/mol. The number of hydrogen-bond acceptors (Lipinski definition) is 5. The Morgan fingerprint density at radius 3 is 2.91 bits per heavy atom. The number of rotatable bonds is 8. The van der Waals surface area contributed by atoms with E-state index in [0.717, 1.165) is 38.9 Å². The second kappa shape index (κ2) is 8.05. The molecule has 2 N–H and O–H groups in total. The van der Waals surface area contributed by atoms with Crippen molar-refractivity contribution in [3.05, 3.63) is 21.5 Å². The van der Waals surface area contributed by atoms with Crippen LogP contribution in [-0.2, 0) is 6.42 Å². The first-order valence-corrected chi connectivity index (χ1v) is 8.28. The molecule has 0 bridgehead atoms. The van der Waals surface area contributed by atoms with Crippen molar-refractivity contribution in [1.82, 2.24) is 20.4 Å². The number of aryl methyl sites for hydroxylation is 1. The van der Waals surface area contributed by atoms with Gasteiger partial charge in [-0.25, -0.2) is 0 Å². The highest BCUT2D eigenvalue weighted by molar-refractivity contribution is 5.96. The summed E-state index contributed by atoms with van der Waals surface area (Å²) in [5, 5.41) is 20.5. The fourth-order valence-corrected chi connectivity index (χ4v) is 3.07. The molecule has 0 spiro atoms. The van der Waals surface area contributed by atoms with Gasteiger partial charge in [-0.1, -0.05) is 20.3 Å². The minimum atomic E-state index is -0.526. The zero-order valence-corrected chi connectivity index (χ0v) is 13.8. The summed E-state index contributed by atoms with van der Waals surface area (Å²) in [6.07, 6.45) is 3.42. The third kappa shape index (κ3) is 4.28. The molecule has 0 radical (unpaired) electrons. The van der Waals surface area contributed by atoms with E-state index in [0.29, 0.717) is 24.6 Å². The monoisotopic (exact) mass is 323 g/mol. The fourth-order valence-electron chi connectivity index (χ4n) is 3.07. The molecule has 1 amide bonds. The number of nitro groups is 1. The summed E-state index contributed by atoms with van der Waals surface area (Å²) in [7, 11) is 0. The van der Waals surface area contributed by atoms with Gasteiger partial charge in [0.15, 0.2) is 0 Å². The van der Waals surface area contributed by atoms with Gasteiger partial charge in [-0.05, 0) is 38.3 Å². The number of aromatic amines is 1. The number of likely N-dealkylation sites (tertiary alicyclic amines) is 1. The Balaban J connectivity index is 1.95. The lowest BCUT2D eigenvalue weighted by Gasteiger charge is -2.14. The van der Waals surface area contributed by atoms with Gasteiger partial charge in [0.05, 0.1) is 4.92 Å². The van der Waals surface area contributed by atoms with E-state index in [2.05, 4.69) is 27.3 Å². The largest absolute Gasteiger partial charge is 0.350 e. The summed E-state index contributed by atoms with van der Waals surface area (Å²) in [6.45, 7) is 7.71. The van der Waals surface area contributed by atoms with Crippen molar-refractivity contribution in [3.8, 4) is 0 Å². The van der Waals surface area contributed by atoms with Gasteiger partial charge in [0.1, 0.15) is 5.69 Å². The molecule has 2 rings (SSSR count). The average Bonchev–Trinajstić information content (AvgIpc) is 3.12. The predicted octanol–water partition coefficient (Wildman–Crippen LogP) is 1.73. The van der Waals surface area contributed by atoms with Crippen LogP contribution in [0.1, 0.15) is 49.3 Å². The molecule has 0 unspecified atom stereocenters. The Hall–Kier alpha value is -1.96. The lowest BCUT2D eigenvalue weighted by Crippen LogP contribution is -2.31. The Bertz CT molecular complexity index is 557. The van der Waals surface area contributed by atoms with Crippen molar-refractivity contribution in [3.63, 3.8) is 0 Å². The molecule has 8 heteroatoms. The van der Waals surface area contributed by atoms with Gasteiger partial charge >= 0.3 is 5.69 Å². The molecule has 1 aromatic rings. The van der Waals surface area contributed by atoms with Crippen molar-refractivity contribution in [2.24, 2.45) is 5.92 Å². The molecule has 1 atom stereocenters. The van der Waals surface area contributed by atoms with Crippen LogP contribution in [0.15, 0.2) is 0 Å². The number of carbonyl (C=O) groups excluding carboxylic acids is 1. The second-order valence-electron chi connectivity index (χ2n) is 6.07. The molecule has 1 fully saturated rings. The van der Waals surface area contributed by atoms with Gasteiger partial charge in [-0.15, -0.1) is 0 Å². The minimum absolute atomic E-state index is 0.109. The van der Waals surface area contributed by atoms with Gasteiger partial charge in [-0.2, -0.15) is 5.10 Å². The number of aromatic nitrogens is 2. The summed E-state index contributed by atoms with van der Waals surface area (Å²) >= 11 is 0. The maximum atomic E-state index is 12.2. The van der Waals surface area contributed by atoms with Crippen LogP contribution in [-0.4, -0.2) is 52.1 Å². The van der Waals surface area contributed by atoms with E-state index in [1.165, 1.54) is 0 Å². The number of nitrogens with zero attached hydrogens (tertiary/aromatic N) is 3. The third-order valence-corrected chi connectivity index (χ3v) is 4.17. The van der Waals surface area contributed by atoms with E-state index in [4.69, 9.17) is 0 Å². The van der Waals surface area contributed by atoms with Crippen molar-refractivity contribution in [2.45, 2.75) is 39.5 Å². The van der Waals surface area contributed by atoms with Crippen LogP contribution in [0.25, 0.3) is 0 Å². The number of H-pyrrole nitrogens is 1. The first-order chi connectivity index (χ1) is 11.1. The highest BCUT2D eigenvalue weighted by atomic mass is 16.6. The van der Waals surface area contributed by atoms with Crippen LogP contribution >= 0.6 is 0 Å². The molecule has 1 aliphatic heterocycles. The number of hydrogen-bond donors (Lipinski definition) is 2. The van der Waals surface area contributed by atoms with E-state index in [9.17, 15) is 14.9 Å². The van der Waals surface area contributed by atoms with Crippen LogP contribution in [0.5, 0.6) is 0 Å². The minimum Gasteiger partial charge on any atom is -0.350 e. The molecule has 0 saturated carbocycles. The first-order valence-electron chi connectivity index (χ1n) is 8.28. The quantitative estimate of drug-likeness (QED) is 0.560. The van der Waals surface area contributed by atoms with E-state index in [1.807, 2.05) is 6.92 Å². The Morgan fingerprint density at radius 2 is 2.26 bits per heavy atom. The summed E-state index contributed by atoms with van der Waals surface area (Å²) in [5.74, 6) is -0.0668. The maximum absolute atomic E-state index is 12.2. The first kappa shape index (κ1) is 17.4. The summed E-state index contributed by atoms with van der Waals surface area (Å²) < 4.78 is 0. The highest BCUT2D eigenvalue weighted by Gasteiger charge is 2.29. The Labute approximate surface area is 135 Å². The van der Waals surface area contributed by atoms with Gasteiger partial charge in [0, 0.05) is 13.1 Å². The molecule has 0 aromatic carbocycles. The van der Waals surface area contributed by atoms with Gasteiger partial charge in [0.25, 0.3) is 5.91 Å². The molecule has 2 heterocycles. The van der Waals surface area contributed by atoms with Crippen LogP contribution in [0.4, 0.5) is 5.69 Å². The van der Waals surface area contributed by atoms with Crippen LogP contribution in [0.2, 0.25) is 0 Å². The van der Waals surface area contributed by atoms with Crippen molar-refractivity contribution < 1.29 is 9.72 Å². The lowest BCUT2D eigenvalue weighted by molar-refractivity contribution is -0.385. The number of nitrogens with one attached hydrogen (secondary N) is 2. The molecule has 8 nitrogen and oxygen atoms in total.